The molecule has 0 unspecified atom stereocenters. The van der Waals surface area contributed by atoms with Crippen molar-refractivity contribution in [1.29, 1.82) is 0 Å². The van der Waals surface area contributed by atoms with Gasteiger partial charge in [0.25, 0.3) is 0 Å². The van der Waals surface area contributed by atoms with E-state index in [0.29, 0.717) is 0 Å². The summed E-state index contributed by atoms with van der Waals surface area (Å²) in [6.45, 7) is 1.90. The van der Waals surface area contributed by atoms with Crippen LogP contribution in [0.4, 0.5) is 0 Å². The van der Waals surface area contributed by atoms with Gasteiger partial charge in [-0.3, -0.25) is 4.79 Å². The van der Waals surface area contributed by atoms with E-state index in [2.05, 4.69) is 5.32 Å². The number of nitrogens with one attached hydrogen (secondary N) is 1. The quantitative estimate of drug-likeness (QED) is 0.728. The largest absolute Gasteiger partial charge is 0.469 e. The molecule has 0 aromatic heterocycles. The molecule has 16 heavy (non-hydrogen) atoms. The second kappa shape index (κ2) is 5.17. The molecule has 0 atom stereocenters. The number of esters is 1. The summed E-state index contributed by atoms with van der Waals surface area (Å²) in [6, 6.07) is 0. The summed E-state index contributed by atoms with van der Waals surface area (Å²) in [4.78, 5) is 11.7. The Kier molecular flexibility index (Phi) is 3.85. The molecule has 0 saturated heterocycles. The minimum absolute atomic E-state index is 0.0160. The van der Waals surface area contributed by atoms with Crippen LogP contribution < -0.4 is 5.32 Å². The molecular weight excluding hydrogens is 202 g/mol. The Bertz CT molecular complexity index is 242. The lowest BCUT2D eigenvalue weighted by molar-refractivity contribution is -0.158. The Morgan fingerprint density at radius 1 is 1.31 bits per heavy atom. The lowest BCUT2D eigenvalue weighted by atomic mass is 9.68. The molecule has 0 spiro atoms. The van der Waals surface area contributed by atoms with Crippen molar-refractivity contribution in [3.8, 4) is 0 Å². The van der Waals surface area contributed by atoms with Crippen molar-refractivity contribution < 1.29 is 9.53 Å². The fraction of sp³-hybridized carbons (Fsp3) is 0.923. The molecule has 3 heteroatoms. The minimum atomic E-state index is -0.187. The van der Waals surface area contributed by atoms with Crippen LogP contribution in [0.15, 0.2) is 0 Å². The zero-order valence-corrected chi connectivity index (χ0v) is 10.3. The van der Waals surface area contributed by atoms with Crippen LogP contribution in [0.1, 0.15) is 44.9 Å². The molecular formula is C13H23NO2. The SMILES string of the molecule is COC(=O)C1(CNCC2CCCC2)CCC1. The van der Waals surface area contributed by atoms with E-state index in [9.17, 15) is 4.79 Å². The van der Waals surface area contributed by atoms with Crippen molar-refractivity contribution in [3.05, 3.63) is 0 Å². The number of carbonyl (C=O) groups excluding carboxylic acids is 1. The van der Waals surface area contributed by atoms with Gasteiger partial charge in [0.05, 0.1) is 12.5 Å². The van der Waals surface area contributed by atoms with Crippen LogP contribution in [-0.2, 0) is 9.53 Å². The van der Waals surface area contributed by atoms with E-state index in [0.717, 1.165) is 31.8 Å². The molecule has 0 aromatic rings. The number of hydrogen-bond acceptors (Lipinski definition) is 3. The van der Waals surface area contributed by atoms with Gasteiger partial charge < -0.3 is 10.1 Å². The highest BCUT2D eigenvalue weighted by molar-refractivity contribution is 5.78. The topological polar surface area (TPSA) is 38.3 Å². The lowest BCUT2D eigenvalue weighted by Crippen LogP contribution is -2.47. The third kappa shape index (κ3) is 2.40. The van der Waals surface area contributed by atoms with Gasteiger partial charge in [0.2, 0.25) is 0 Å². The van der Waals surface area contributed by atoms with Crippen LogP contribution in [0.25, 0.3) is 0 Å². The normalized spacial score (nSPS) is 24.1. The monoisotopic (exact) mass is 225 g/mol. The van der Waals surface area contributed by atoms with E-state index >= 15 is 0 Å². The van der Waals surface area contributed by atoms with Crippen LogP contribution in [0, 0.1) is 11.3 Å². The smallest absolute Gasteiger partial charge is 0.313 e. The Labute approximate surface area is 97.9 Å². The van der Waals surface area contributed by atoms with Crippen LogP contribution >= 0.6 is 0 Å². The van der Waals surface area contributed by atoms with Crippen molar-refractivity contribution >= 4 is 5.97 Å². The molecule has 0 aromatic carbocycles. The predicted octanol–water partition coefficient (Wildman–Crippen LogP) is 2.11. The third-order valence-corrected chi connectivity index (χ3v) is 4.30. The first-order valence-corrected chi connectivity index (χ1v) is 6.56. The van der Waals surface area contributed by atoms with Crippen molar-refractivity contribution in [2.75, 3.05) is 20.2 Å². The maximum Gasteiger partial charge on any atom is 0.313 e. The molecule has 2 saturated carbocycles. The molecule has 0 radical (unpaired) electrons. The van der Waals surface area contributed by atoms with Crippen LogP contribution in [0.3, 0.4) is 0 Å². The van der Waals surface area contributed by atoms with Gasteiger partial charge in [-0.1, -0.05) is 19.3 Å². The summed E-state index contributed by atoms with van der Waals surface area (Å²) in [6.07, 6.45) is 8.65. The first-order valence-electron chi connectivity index (χ1n) is 6.56. The number of hydrogen-bond donors (Lipinski definition) is 1. The first-order chi connectivity index (χ1) is 7.77. The zero-order chi connectivity index (χ0) is 11.4. The lowest BCUT2D eigenvalue weighted by Gasteiger charge is -2.39. The highest BCUT2D eigenvalue weighted by Gasteiger charge is 2.44. The first kappa shape index (κ1) is 11.9. The molecule has 0 aliphatic heterocycles. The number of rotatable bonds is 5. The summed E-state index contributed by atoms with van der Waals surface area (Å²) in [5, 5.41) is 3.48. The zero-order valence-electron chi connectivity index (χ0n) is 10.3. The Morgan fingerprint density at radius 2 is 2.00 bits per heavy atom. The highest BCUT2D eigenvalue weighted by Crippen LogP contribution is 2.41. The second-order valence-electron chi connectivity index (χ2n) is 5.41. The average molecular weight is 225 g/mol. The molecule has 0 bridgehead atoms. The molecule has 0 heterocycles. The highest BCUT2D eigenvalue weighted by atomic mass is 16.5. The number of carbonyl (C=O) groups is 1. The van der Waals surface area contributed by atoms with Crippen molar-refractivity contribution in [3.63, 3.8) is 0 Å². The van der Waals surface area contributed by atoms with Gasteiger partial charge in [-0.2, -0.15) is 0 Å². The number of methoxy groups -OCH3 is 1. The summed E-state index contributed by atoms with van der Waals surface area (Å²) >= 11 is 0. The maximum absolute atomic E-state index is 11.7. The third-order valence-electron chi connectivity index (χ3n) is 4.30. The van der Waals surface area contributed by atoms with E-state index < -0.39 is 0 Å². The Morgan fingerprint density at radius 3 is 2.50 bits per heavy atom. The molecule has 92 valence electrons. The second-order valence-corrected chi connectivity index (χ2v) is 5.41. The summed E-state index contributed by atoms with van der Waals surface area (Å²) in [5.74, 6) is 0.826. The Hall–Kier alpha value is -0.570. The standard InChI is InChI=1S/C13H23NO2/c1-16-12(15)13(7-4-8-13)10-14-9-11-5-2-3-6-11/h11,14H,2-10H2,1H3. The van der Waals surface area contributed by atoms with Gasteiger partial charge in [-0.15, -0.1) is 0 Å². The van der Waals surface area contributed by atoms with Crippen molar-refractivity contribution in [1.82, 2.24) is 5.32 Å². The van der Waals surface area contributed by atoms with Gasteiger partial charge in [0.1, 0.15) is 0 Å². The van der Waals surface area contributed by atoms with Gasteiger partial charge in [-0.05, 0) is 38.1 Å². The van der Waals surface area contributed by atoms with E-state index in [4.69, 9.17) is 4.74 Å². The number of ether oxygens (including phenoxy) is 1. The summed E-state index contributed by atoms with van der Waals surface area (Å²) in [5.41, 5.74) is -0.187. The molecule has 2 fully saturated rings. The van der Waals surface area contributed by atoms with Crippen LogP contribution in [0.5, 0.6) is 0 Å². The van der Waals surface area contributed by atoms with E-state index in [1.807, 2.05) is 0 Å². The maximum atomic E-state index is 11.7. The molecule has 2 aliphatic rings. The van der Waals surface area contributed by atoms with Crippen LogP contribution in [-0.4, -0.2) is 26.2 Å². The molecule has 2 rings (SSSR count). The van der Waals surface area contributed by atoms with Crippen molar-refractivity contribution in [2.45, 2.75) is 44.9 Å². The van der Waals surface area contributed by atoms with Gasteiger partial charge in [-0.25, -0.2) is 0 Å². The predicted molar refractivity (Wildman–Crippen MR) is 63.1 cm³/mol. The van der Waals surface area contributed by atoms with Gasteiger partial charge in [0.15, 0.2) is 0 Å². The van der Waals surface area contributed by atoms with E-state index in [1.165, 1.54) is 39.2 Å². The van der Waals surface area contributed by atoms with Gasteiger partial charge in [0, 0.05) is 6.54 Å². The minimum Gasteiger partial charge on any atom is -0.469 e. The average Bonchev–Trinajstić information content (AvgIpc) is 2.74. The van der Waals surface area contributed by atoms with Gasteiger partial charge >= 0.3 is 5.97 Å². The van der Waals surface area contributed by atoms with E-state index in [1.54, 1.807) is 0 Å². The fourth-order valence-corrected chi connectivity index (χ4v) is 3.00. The van der Waals surface area contributed by atoms with Crippen molar-refractivity contribution in [2.24, 2.45) is 11.3 Å². The summed E-state index contributed by atoms with van der Waals surface area (Å²) in [7, 11) is 1.50. The molecule has 3 nitrogen and oxygen atoms in total. The summed E-state index contributed by atoms with van der Waals surface area (Å²) < 4.78 is 4.90. The molecule has 1 N–H and O–H groups in total. The Balaban J connectivity index is 1.72. The van der Waals surface area contributed by atoms with E-state index in [-0.39, 0.29) is 11.4 Å². The molecule has 0 amide bonds. The fourth-order valence-electron chi connectivity index (χ4n) is 3.00. The molecule has 2 aliphatic carbocycles. The van der Waals surface area contributed by atoms with Crippen LogP contribution in [0.2, 0.25) is 0 Å².